The number of anilines is 1. The number of phenolic OH excluding ortho intramolecular Hbond substituents is 1. The standard InChI is InChI=1S/C27H29N3O4/c1-15(2)10-11-29-13-18-24(17-8-9-23(34-4)22(32)12-17)26-20(14-30(16(3)31)27(26)33)28-19-6-5-7-21(29)25(18)19/h5-9,12-13,15,24,28,32H,10-11,14H2,1-4H3/t24-/m0/s1. The second-order valence-corrected chi connectivity index (χ2v) is 9.45. The van der Waals surface area contributed by atoms with Gasteiger partial charge in [-0.3, -0.25) is 14.5 Å². The van der Waals surface area contributed by atoms with Gasteiger partial charge in [-0.25, -0.2) is 0 Å². The molecular weight excluding hydrogens is 430 g/mol. The second kappa shape index (κ2) is 8.24. The highest BCUT2D eigenvalue weighted by Gasteiger charge is 2.41. The summed E-state index contributed by atoms with van der Waals surface area (Å²) in [7, 11) is 1.50. The van der Waals surface area contributed by atoms with Gasteiger partial charge >= 0.3 is 0 Å². The number of aromatic hydroxyl groups is 1. The lowest BCUT2D eigenvalue weighted by molar-refractivity contribution is -0.139. The zero-order chi connectivity index (χ0) is 24.1. The van der Waals surface area contributed by atoms with Gasteiger partial charge in [0.05, 0.1) is 24.7 Å². The van der Waals surface area contributed by atoms with Crippen molar-refractivity contribution in [1.29, 1.82) is 0 Å². The summed E-state index contributed by atoms with van der Waals surface area (Å²) in [6.07, 6.45) is 3.16. The number of methoxy groups -OCH3 is 1. The van der Waals surface area contributed by atoms with E-state index in [9.17, 15) is 14.7 Å². The maximum absolute atomic E-state index is 13.5. The number of hydrogen-bond acceptors (Lipinski definition) is 5. The lowest BCUT2D eigenvalue weighted by Crippen LogP contribution is -2.33. The normalized spacial score (nSPS) is 17.3. The summed E-state index contributed by atoms with van der Waals surface area (Å²) in [5.41, 5.74) is 5.03. The molecule has 0 fully saturated rings. The predicted octanol–water partition coefficient (Wildman–Crippen LogP) is 4.60. The number of rotatable bonds is 5. The van der Waals surface area contributed by atoms with Crippen molar-refractivity contribution in [2.24, 2.45) is 5.92 Å². The van der Waals surface area contributed by atoms with E-state index < -0.39 is 5.92 Å². The minimum Gasteiger partial charge on any atom is -0.504 e. The van der Waals surface area contributed by atoms with Crippen molar-refractivity contribution in [2.45, 2.75) is 39.7 Å². The second-order valence-electron chi connectivity index (χ2n) is 9.45. The van der Waals surface area contributed by atoms with Gasteiger partial charge in [0.25, 0.3) is 5.91 Å². The van der Waals surface area contributed by atoms with Crippen LogP contribution in [0.5, 0.6) is 11.5 Å². The molecule has 7 heteroatoms. The fourth-order valence-electron chi connectivity index (χ4n) is 5.09. The molecule has 2 aliphatic heterocycles. The number of nitrogens with zero attached hydrogens (tertiary/aromatic N) is 2. The highest BCUT2D eigenvalue weighted by Crippen LogP contribution is 2.47. The van der Waals surface area contributed by atoms with Crippen LogP contribution < -0.4 is 10.1 Å². The number of benzene rings is 2. The highest BCUT2D eigenvalue weighted by atomic mass is 16.5. The largest absolute Gasteiger partial charge is 0.504 e. The third kappa shape index (κ3) is 3.43. The highest BCUT2D eigenvalue weighted by molar-refractivity contribution is 6.11. The number of imide groups is 1. The Morgan fingerprint density at radius 2 is 2.06 bits per heavy atom. The van der Waals surface area contributed by atoms with Crippen molar-refractivity contribution in [3.63, 3.8) is 0 Å². The molecule has 0 saturated heterocycles. The van der Waals surface area contributed by atoms with E-state index in [0.717, 1.165) is 46.4 Å². The van der Waals surface area contributed by atoms with Crippen LogP contribution in [0.2, 0.25) is 0 Å². The van der Waals surface area contributed by atoms with Crippen molar-refractivity contribution in [1.82, 2.24) is 9.47 Å². The van der Waals surface area contributed by atoms with Crippen LogP contribution >= 0.6 is 0 Å². The molecule has 2 amide bonds. The maximum atomic E-state index is 13.5. The summed E-state index contributed by atoms with van der Waals surface area (Å²) in [5, 5.41) is 15.1. The first-order valence-electron chi connectivity index (χ1n) is 11.6. The Kier molecular flexibility index (Phi) is 5.35. The summed E-state index contributed by atoms with van der Waals surface area (Å²) in [5.74, 6) is -0.0953. The molecular formula is C27H29N3O4. The molecule has 1 atom stereocenters. The van der Waals surface area contributed by atoms with Crippen molar-refractivity contribution < 1.29 is 19.4 Å². The number of aromatic nitrogens is 1. The van der Waals surface area contributed by atoms with Gasteiger partial charge in [0.15, 0.2) is 11.5 Å². The van der Waals surface area contributed by atoms with E-state index in [-0.39, 0.29) is 24.1 Å². The minimum atomic E-state index is -0.442. The van der Waals surface area contributed by atoms with Gasteiger partial charge in [-0.15, -0.1) is 0 Å². The Hall–Kier alpha value is -3.74. The summed E-state index contributed by atoms with van der Waals surface area (Å²) >= 11 is 0. The smallest absolute Gasteiger partial charge is 0.259 e. The summed E-state index contributed by atoms with van der Waals surface area (Å²) in [6, 6.07) is 11.4. The van der Waals surface area contributed by atoms with Gasteiger partial charge in [0.1, 0.15) is 0 Å². The molecule has 0 bridgehead atoms. The van der Waals surface area contributed by atoms with E-state index in [0.29, 0.717) is 17.2 Å². The lowest BCUT2D eigenvalue weighted by atomic mass is 9.84. The number of carbonyl (C=O) groups is 2. The Labute approximate surface area is 198 Å². The van der Waals surface area contributed by atoms with Crippen molar-refractivity contribution >= 4 is 28.4 Å². The molecule has 0 radical (unpaired) electrons. The fraction of sp³-hybridized carbons (Fsp3) is 0.333. The van der Waals surface area contributed by atoms with Crippen LogP contribution in [-0.2, 0) is 16.1 Å². The zero-order valence-corrected chi connectivity index (χ0v) is 19.9. The first-order chi connectivity index (χ1) is 16.3. The van der Waals surface area contributed by atoms with E-state index in [1.165, 1.54) is 18.9 Å². The van der Waals surface area contributed by atoms with Gasteiger partial charge < -0.3 is 19.7 Å². The first-order valence-corrected chi connectivity index (χ1v) is 11.6. The van der Waals surface area contributed by atoms with E-state index >= 15 is 0 Å². The molecule has 3 aromatic rings. The molecule has 7 nitrogen and oxygen atoms in total. The van der Waals surface area contributed by atoms with Crippen molar-refractivity contribution in [3.05, 3.63) is 65.0 Å². The van der Waals surface area contributed by atoms with Crippen LogP contribution in [0, 0.1) is 5.92 Å². The number of aryl methyl sites for hydroxylation is 1. The molecule has 0 aliphatic carbocycles. The molecule has 0 saturated carbocycles. The van der Waals surface area contributed by atoms with Gasteiger partial charge in [-0.1, -0.05) is 26.0 Å². The van der Waals surface area contributed by atoms with E-state index in [4.69, 9.17) is 4.74 Å². The van der Waals surface area contributed by atoms with Gasteiger partial charge in [-0.05, 0) is 47.7 Å². The van der Waals surface area contributed by atoms with Crippen LogP contribution in [0.1, 0.15) is 44.2 Å². The summed E-state index contributed by atoms with van der Waals surface area (Å²) in [4.78, 5) is 27.0. The quantitative estimate of drug-likeness (QED) is 0.583. The number of ether oxygens (including phenoxy) is 1. The van der Waals surface area contributed by atoms with E-state index in [2.05, 4.69) is 36.0 Å². The molecule has 2 N–H and O–H groups in total. The molecule has 0 spiro atoms. The van der Waals surface area contributed by atoms with Gasteiger partial charge in [0.2, 0.25) is 5.91 Å². The minimum absolute atomic E-state index is 0.0111. The Morgan fingerprint density at radius 3 is 2.74 bits per heavy atom. The fourth-order valence-corrected chi connectivity index (χ4v) is 5.09. The Balaban J connectivity index is 1.75. The monoisotopic (exact) mass is 459 g/mol. The summed E-state index contributed by atoms with van der Waals surface area (Å²) in [6.45, 7) is 6.88. The third-order valence-electron chi connectivity index (χ3n) is 6.80. The first kappa shape index (κ1) is 22.1. The number of phenols is 1. The van der Waals surface area contributed by atoms with Crippen LogP contribution in [0.3, 0.4) is 0 Å². The number of hydrogen-bond donors (Lipinski definition) is 2. The van der Waals surface area contributed by atoms with Crippen LogP contribution in [0.25, 0.3) is 10.9 Å². The van der Waals surface area contributed by atoms with Gasteiger partial charge in [0, 0.05) is 42.4 Å². The SMILES string of the molecule is COc1ccc([C@@H]2C3=C(CN(C(C)=O)C3=O)Nc3cccc4c3c2cn4CCC(C)C)cc1O. The van der Waals surface area contributed by atoms with Gasteiger partial charge in [-0.2, -0.15) is 0 Å². The molecule has 0 unspecified atom stereocenters. The number of nitrogens with one attached hydrogen (secondary N) is 1. The van der Waals surface area contributed by atoms with E-state index in [1.807, 2.05) is 18.2 Å². The topological polar surface area (TPSA) is 83.8 Å². The Morgan fingerprint density at radius 1 is 1.26 bits per heavy atom. The molecule has 2 aromatic carbocycles. The van der Waals surface area contributed by atoms with Crippen molar-refractivity contribution in [2.75, 3.05) is 19.0 Å². The molecule has 176 valence electrons. The van der Waals surface area contributed by atoms with Crippen LogP contribution in [-0.4, -0.2) is 40.0 Å². The summed E-state index contributed by atoms with van der Waals surface area (Å²) < 4.78 is 7.49. The molecule has 1 aromatic heterocycles. The Bertz CT molecular complexity index is 1350. The third-order valence-corrected chi connectivity index (χ3v) is 6.80. The molecule has 3 heterocycles. The van der Waals surface area contributed by atoms with Crippen LogP contribution in [0.15, 0.2) is 53.9 Å². The number of amides is 2. The van der Waals surface area contributed by atoms with E-state index in [1.54, 1.807) is 12.1 Å². The average Bonchev–Trinajstić information content (AvgIpc) is 3.27. The maximum Gasteiger partial charge on any atom is 0.259 e. The molecule has 5 rings (SSSR count). The van der Waals surface area contributed by atoms with Crippen molar-refractivity contribution in [3.8, 4) is 11.5 Å². The number of carbonyl (C=O) groups excluding carboxylic acids is 2. The average molecular weight is 460 g/mol. The van der Waals surface area contributed by atoms with Crippen LogP contribution in [0.4, 0.5) is 5.69 Å². The zero-order valence-electron chi connectivity index (χ0n) is 19.9. The lowest BCUT2D eigenvalue weighted by Gasteiger charge is -2.20. The predicted molar refractivity (Wildman–Crippen MR) is 131 cm³/mol. The molecule has 2 aliphatic rings. The molecule has 34 heavy (non-hydrogen) atoms.